The summed E-state index contributed by atoms with van der Waals surface area (Å²) >= 11 is 0. The van der Waals surface area contributed by atoms with Crippen LogP contribution in [-0.2, 0) is 0 Å². The molecule has 1 saturated heterocycles. The van der Waals surface area contributed by atoms with E-state index in [1.54, 1.807) is 0 Å². The molecule has 2 rings (SSSR count). The van der Waals surface area contributed by atoms with Gasteiger partial charge >= 0.3 is 0 Å². The van der Waals surface area contributed by atoms with Gasteiger partial charge in [-0.2, -0.15) is 0 Å². The minimum Gasteiger partial charge on any atom is -0.312 e. The van der Waals surface area contributed by atoms with Crippen LogP contribution in [0.15, 0.2) is 0 Å². The van der Waals surface area contributed by atoms with Gasteiger partial charge < -0.3 is 5.32 Å². The first kappa shape index (κ1) is 14.3. The van der Waals surface area contributed by atoms with E-state index >= 15 is 0 Å². The lowest BCUT2D eigenvalue weighted by Crippen LogP contribution is -2.43. The summed E-state index contributed by atoms with van der Waals surface area (Å²) in [6.07, 6.45) is 11.4. The van der Waals surface area contributed by atoms with Crippen LogP contribution in [0.25, 0.3) is 0 Å². The van der Waals surface area contributed by atoms with E-state index in [9.17, 15) is 0 Å². The average molecular weight is 252 g/mol. The molecule has 1 N–H and O–H groups in total. The number of hydrogen-bond donors (Lipinski definition) is 1. The van der Waals surface area contributed by atoms with Crippen molar-refractivity contribution in [2.75, 3.05) is 19.6 Å². The van der Waals surface area contributed by atoms with Crippen molar-refractivity contribution in [3.8, 4) is 0 Å². The molecule has 0 aromatic rings. The summed E-state index contributed by atoms with van der Waals surface area (Å²) in [7, 11) is 0. The molecule has 0 amide bonds. The number of hydrogen-bond acceptors (Lipinski definition) is 2. The molecule has 0 aromatic heterocycles. The van der Waals surface area contributed by atoms with E-state index in [2.05, 4.69) is 24.1 Å². The third-order valence-corrected chi connectivity index (χ3v) is 5.01. The quantitative estimate of drug-likeness (QED) is 0.779. The standard InChI is InChI=1S/C16H32N2/c1-3-6-15-7-9-16(10-8-15)17-13-14(2)18-11-4-5-12-18/h14-17H,3-13H2,1-2H3. The number of rotatable bonds is 6. The maximum absolute atomic E-state index is 3.82. The van der Waals surface area contributed by atoms with E-state index < -0.39 is 0 Å². The summed E-state index contributed by atoms with van der Waals surface area (Å²) in [5, 5.41) is 3.82. The zero-order chi connectivity index (χ0) is 12.8. The van der Waals surface area contributed by atoms with Crippen LogP contribution in [0.1, 0.15) is 65.2 Å². The molecule has 1 atom stereocenters. The van der Waals surface area contributed by atoms with Crippen molar-refractivity contribution in [2.45, 2.75) is 77.3 Å². The first-order valence-corrected chi connectivity index (χ1v) is 8.27. The third-order valence-electron chi connectivity index (χ3n) is 5.01. The Morgan fingerprint density at radius 1 is 1.11 bits per heavy atom. The van der Waals surface area contributed by atoms with E-state index in [0.717, 1.165) is 18.0 Å². The van der Waals surface area contributed by atoms with Gasteiger partial charge in [0.15, 0.2) is 0 Å². The van der Waals surface area contributed by atoms with Gasteiger partial charge in [0.1, 0.15) is 0 Å². The molecule has 18 heavy (non-hydrogen) atoms. The van der Waals surface area contributed by atoms with Gasteiger partial charge in [0.2, 0.25) is 0 Å². The molecule has 1 unspecified atom stereocenters. The average Bonchev–Trinajstić information content (AvgIpc) is 2.92. The van der Waals surface area contributed by atoms with Crippen LogP contribution in [0.5, 0.6) is 0 Å². The zero-order valence-electron chi connectivity index (χ0n) is 12.5. The summed E-state index contributed by atoms with van der Waals surface area (Å²) in [6.45, 7) is 8.56. The molecule has 2 nitrogen and oxygen atoms in total. The van der Waals surface area contributed by atoms with Crippen molar-refractivity contribution < 1.29 is 0 Å². The Balaban J connectivity index is 1.59. The van der Waals surface area contributed by atoms with Gasteiger partial charge in [-0.15, -0.1) is 0 Å². The highest BCUT2D eigenvalue weighted by Gasteiger charge is 2.22. The van der Waals surface area contributed by atoms with E-state index in [0.29, 0.717) is 0 Å². The minimum absolute atomic E-state index is 0.737. The van der Waals surface area contributed by atoms with Crippen molar-refractivity contribution >= 4 is 0 Å². The molecule has 0 bridgehead atoms. The molecule has 1 saturated carbocycles. The van der Waals surface area contributed by atoms with Crippen LogP contribution in [0.4, 0.5) is 0 Å². The van der Waals surface area contributed by atoms with Crippen LogP contribution < -0.4 is 5.32 Å². The highest BCUT2D eigenvalue weighted by molar-refractivity contribution is 4.80. The minimum atomic E-state index is 0.737. The summed E-state index contributed by atoms with van der Waals surface area (Å²) < 4.78 is 0. The second-order valence-corrected chi connectivity index (χ2v) is 6.51. The van der Waals surface area contributed by atoms with Crippen molar-refractivity contribution in [1.82, 2.24) is 10.2 Å². The largest absolute Gasteiger partial charge is 0.312 e. The molecule has 0 radical (unpaired) electrons. The highest BCUT2D eigenvalue weighted by Crippen LogP contribution is 2.27. The SMILES string of the molecule is CCCC1CCC(NCC(C)N2CCCC2)CC1. The normalized spacial score (nSPS) is 31.7. The number of likely N-dealkylation sites (tertiary alicyclic amines) is 1. The lowest BCUT2D eigenvalue weighted by Gasteiger charge is -2.31. The Morgan fingerprint density at radius 3 is 2.39 bits per heavy atom. The molecule has 1 aliphatic heterocycles. The molecule has 106 valence electrons. The van der Waals surface area contributed by atoms with Crippen LogP contribution in [-0.4, -0.2) is 36.6 Å². The van der Waals surface area contributed by atoms with Gasteiger partial charge in [0.25, 0.3) is 0 Å². The highest BCUT2D eigenvalue weighted by atomic mass is 15.2. The van der Waals surface area contributed by atoms with E-state index in [4.69, 9.17) is 0 Å². The molecule has 2 aliphatic rings. The van der Waals surface area contributed by atoms with Gasteiger partial charge in [-0.3, -0.25) is 4.90 Å². The van der Waals surface area contributed by atoms with Crippen molar-refractivity contribution in [2.24, 2.45) is 5.92 Å². The molecule has 0 aromatic carbocycles. The van der Waals surface area contributed by atoms with Crippen LogP contribution >= 0.6 is 0 Å². The fourth-order valence-electron chi connectivity index (χ4n) is 3.71. The Hall–Kier alpha value is -0.0800. The fraction of sp³-hybridized carbons (Fsp3) is 1.00. The van der Waals surface area contributed by atoms with Gasteiger partial charge in [0.05, 0.1) is 0 Å². The predicted molar refractivity (Wildman–Crippen MR) is 78.9 cm³/mol. The second kappa shape index (κ2) is 7.49. The number of nitrogens with one attached hydrogen (secondary N) is 1. The topological polar surface area (TPSA) is 15.3 Å². The van der Waals surface area contributed by atoms with Crippen LogP contribution in [0, 0.1) is 5.92 Å². The Kier molecular flexibility index (Phi) is 5.97. The maximum Gasteiger partial charge on any atom is 0.0192 e. The van der Waals surface area contributed by atoms with E-state index in [1.165, 1.54) is 71.0 Å². The van der Waals surface area contributed by atoms with E-state index in [1.807, 2.05) is 0 Å². The summed E-state index contributed by atoms with van der Waals surface area (Å²) in [4.78, 5) is 2.65. The molecule has 1 aliphatic carbocycles. The molecule has 2 heteroatoms. The maximum atomic E-state index is 3.82. The summed E-state index contributed by atoms with van der Waals surface area (Å²) in [5.74, 6) is 1.03. The van der Waals surface area contributed by atoms with Crippen LogP contribution in [0.3, 0.4) is 0 Å². The zero-order valence-corrected chi connectivity index (χ0v) is 12.5. The Labute approximate surface area is 114 Å². The lowest BCUT2D eigenvalue weighted by molar-refractivity contribution is 0.224. The van der Waals surface area contributed by atoms with Gasteiger partial charge in [-0.25, -0.2) is 0 Å². The lowest BCUT2D eigenvalue weighted by atomic mass is 9.83. The Bertz CT molecular complexity index is 215. The molecular formula is C16H32N2. The molecule has 0 spiro atoms. The van der Waals surface area contributed by atoms with Crippen molar-refractivity contribution in [3.05, 3.63) is 0 Å². The third kappa shape index (κ3) is 4.24. The van der Waals surface area contributed by atoms with Crippen LogP contribution in [0.2, 0.25) is 0 Å². The first-order chi connectivity index (χ1) is 8.79. The van der Waals surface area contributed by atoms with Gasteiger partial charge in [-0.05, 0) is 64.5 Å². The van der Waals surface area contributed by atoms with Crippen molar-refractivity contribution in [1.29, 1.82) is 0 Å². The van der Waals surface area contributed by atoms with Gasteiger partial charge in [0, 0.05) is 18.6 Å². The molecular weight excluding hydrogens is 220 g/mol. The Morgan fingerprint density at radius 2 is 1.78 bits per heavy atom. The second-order valence-electron chi connectivity index (χ2n) is 6.51. The smallest absolute Gasteiger partial charge is 0.0192 e. The molecule has 1 heterocycles. The number of nitrogens with zero attached hydrogens (tertiary/aromatic N) is 1. The summed E-state index contributed by atoms with van der Waals surface area (Å²) in [5.41, 5.74) is 0. The molecule has 2 fully saturated rings. The summed E-state index contributed by atoms with van der Waals surface area (Å²) in [6, 6.07) is 1.55. The monoisotopic (exact) mass is 252 g/mol. The fourth-order valence-corrected chi connectivity index (χ4v) is 3.71. The van der Waals surface area contributed by atoms with E-state index in [-0.39, 0.29) is 0 Å². The van der Waals surface area contributed by atoms with Gasteiger partial charge in [-0.1, -0.05) is 19.8 Å². The first-order valence-electron chi connectivity index (χ1n) is 8.27. The van der Waals surface area contributed by atoms with Crippen molar-refractivity contribution in [3.63, 3.8) is 0 Å². The predicted octanol–water partition coefficient (Wildman–Crippen LogP) is 3.42.